The van der Waals surface area contributed by atoms with Crippen molar-refractivity contribution < 1.29 is 39.1 Å². The molecule has 2 aliphatic rings. The Morgan fingerprint density at radius 1 is 0.578 bits per heavy atom. The molecule has 9 rings (SSSR count). The Hall–Kier alpha value is -7.92. The second-order valence-electron chi connectivity index (χ2n) is 15.2. The Labute approximate surface area is 370 Å². The molecule has 0 heterocycles. The molecule has 0 fully saturated rings. The highest BCUT2D eigenvalue weighted by Gasteiger charge is 2.40. The van der Waals surface area contributed by atoms with Gasteiger partial charge in [0.15, 0.2) is 0 Å². The summed E-state index contributed by atoms with van der Waals surface area (Å²) in [5.74, 6) is 0.155. The fourth-order valence-corrected chi connectivity index (χ4v) is 8.17. The quantitative estimate of drug-likeness (QED) is 0.0558. The molecule has 0 unspecified atom stereocenters. The number of ether oxygens (including phenoxy) is 4. The molecule has 0 atom stereocenters. The van der Waals surface area contributed by atoms with Crippen molar-refractivity contribution >= 4 is 67.0 Å². The summed E-state index contributed by atoms with van der Waals surface area (Å²) in [5, 5.41) is 38.9. The lowest BCUT2D eigenvalue weighted by Gasteiger charge is -2.28. The average molecular weight is 850 g/mol. The van der Waals surface area contributed by atoms with Gasteiger partial charge in [-0.15, -0.1) is 0 Å². The fourth-order valence-electron chi connectivity index (χ4n) is 8.17. The van der Waals surface area contributed by atoms with Gasteiger partial charge in [-0.25, -0.2) is 0 Å². The van der Waals surface area contributed by atoms with Crippen molar-refractivity contribution in [1.82, 2.24) is 4.58 Å². The molecule has 7 aromatic carbocycles. The summed E-state index contributed by atoms with van der Waals surface area (Å²) in [6.07, 6.45) is 5.01. The first-order valence-electron chi connectivity index (χ1n) is 20.9. The van der Waals surface area contributed by atoms with Crippen LogP contribution in [0.1, 0.15) is 5.56 Å². The van der Waals surface area contributed by atoms with Crippen LogP contribution in [0.3, 0.4) is 0 Å². The summed E-state index contributed by atoms with van der Waals surface area (Å²) in [4.78, 5) is 16.0. The largest absolute Gasteiger partial charge is 0.507 e. The minimum absolute atomic E-state index is 0.0398. The number of anilines is 3. The van der Waals surface area contributed by atoms with Crippen LogP contribution >= 0.6 is 0 Å². The molecule has 64 heavy (non-hydrogen) atoms. The maximum atomic E-state index is 14.0. The number of aliphatic hydroxyl groups excluding tert-OH is 2. The summed E-state index contributed by atoms with van der Waals surface area (Å²) >= 11 is 0. The number of phenolic OH excluding ortho intramolecular Hbond substituents is 1. The van der Waals surface area contributed by atoms with Gasteiger partial charge in [0.1, 0.15) is 42.0 Å². The molecule has 3 N–H and O–H groups in total. The van der Waals surface area contributed by atoms with Crippen molar-refractivity contribution in [2.45, 2.75) is 0 Å². The van der Waals surface area contributed by atoms with Crippen molar-refractivity contribution in [1.29, 1.82) is 0 Å². The lowest BCUT2D eigenvalue weighted by atomic mass is 9.79. The van der Waals surface area contributed by atoms with Gasteiger partial charge in [-0.1, -0.05) is 66.7 Å². The van der Waals surface area contributed by atoms with Crippen LogP contribution in [0.5, 0.6) is 17.2 Å². The third kappa shape index (κ3) is 7.99. The average Bonchev–Trinajstić information content (AvgIpc) is 3.32. The highest BCUT2D eigenvalue weighted by atomic mass is 16.5. The number of allylic oxidation sites excluding steroid dienone is 5. The van der Waals surface area contributed by atoms with Crippen LogP contribution in [0.25, 0.3) is 27.1 Å². The zero-order valence-corrected chi connectivity index (χ0v) is 35.3. The number of aromatic hydroxyl groups is 1. The molecule has 0 saturated heterocycles. The van der Waals surface area contributed by atoms with Gasteiger partial charge in [-0.2, -0.15) is 4.58 Å². The summed E-state index contributed by atoms with van der Waals surface area (Å²) in [7, 11) is 3.25. The minimum Gasteiger partial charge on any atom is -0.507 e. The van der Waals surface area contributed by atoms with E-state index in [0.717, 1.165) is 44.3 Å². The first kappa shape index (κ1) is 41.4. The molecule has 2 aliphatic carbocycles. The molecular formula is C54H45N2O8+. The van der Waals surface area contributed by atoms with E-state index in [0.29, 0.717) is 49.3 Å². The SMILES string of the molecule is COCCOc1ccc(N(c2ccc(C3=C(O)/C(=C4/C=CC(=[N+](c5ccc(OCCOC)cc5)c5cccc6ccccc56)C=C4O)C3=O)c(O)c2)c2cccc3ccccc23)cc1. The molecule has 0 radical (unpaired) electrons. The smallest absolute Gasteiger partial charge is 0.219 e. The molecule has 0 aliphatic heterocycles. The monoisotopic (exact) mass is 849 g/mol. The van der Waals surface area contributed by atoms with Crippen molar-refractivity contribution in [2.75, 3.05) is 45.5 Å². The van der Waals surface area contributed by atoms with Crippen LogP contribution in [0.2, 0.25) is 0 Å². The van der Waals surface area contributed by atoms with Gasteiger partial charge in [0.05, 0.1) is 41.5 Å². The number of fused-ring (bicyclic) bond motifs is 2. The normalized spacial score (nSPS) is 15.6. The molecule has 7 aromatic rings. The lowest BCUT2D eigenvalue weighted by molar-refractivity contribution is -0.111. The number of hydrogen-bond donors (Lipinski definition) is 3. The van der Waals surface area contributed by atoms with Gasteiger partial charge in [0, 0.05) is 72.5 Å². The van der Waals surface area contributed by atoms with Crippen molar-refractivity contribution in [3.05, 3.63) is 198 Å². The number of benzene rings is 7. The van der Waals surface area contributed by atoms with Gasteiger partial charge in [0.25, 0.3) is 0 Å². The molecule has 0 amide bonds. The molecule has 0 saturated carbocycles. The Morgan fingerprint density at radius 3 is 1.81 bits per heavy atom. The number of carbonyl (C=O) groups is 1. The van der Waals surface area contributed by atoms with Crippen molar-refractivity contribution in [3.8, 4) is 17.2 Å². The highest BCUT2D eigenvalue weighted by molar-refractivity contribution is 6.40. The van der Waals surface area contributed by atoms with E-state index in [9.17, 15) is 20.1 Å². The minimum atomic E-state index is -0.506. The van der Waals surface area contributed by atoms with E-state index in [4.69, 9.17) is 18.9 Å². The van der Waals surface area contributed by atoms with E-state index in [1.165, 1.54) is 0 Å². The lowest BCUT2D eigenvalue weighted by Crippen LogP contribution is -2.24. The number of rotatable bonds is 14. The van der Waals surface area contributed by atoms with Crippen LogP contribution < -0.4 is 18.9 Å². The Kier molecular flexibility index (Phi) is 11.8. The van der Waals surface area contributed by atoms with E-state index in [1.54, 1.807) is 50.6 Å². The first-order valence-corrected chi connectivity index (χ1v) is 20.9. The van der Waals surface area contributed by atoms with Gasteiger partial charge in [0.2, 0.25) is 22.9 Å². The van der Waals surface area contributed by atoms with Crippen LogP contribution in [-0.4, -0.2) is 67.5 Å². The molecular weight excluding hydrogens is 805 g/mol. The zero-order valence-electron chi connectivity index (χ0n) is 35.3. The van der Waals surface area contributed by atoms with Crippen LogP contribution in [0, 0.1) is 0 Å². The predicted octanol–water partition coefficient (Wildman–Crippen LogP) is 11.4. The third-order valence-corrected chi connectivity index (χ3v) is 11.3. The molecule has 0 aromatic heterocycles. The number of nitrogens with zero attached hydrogens (tertiary/aromatic N) is 2. The van der Waals surface area contributed by atoms with Crippen LogP contribution in [0.15, 0.2) is 193 Å². The van der Waals surface area contributed by atoms with E-state index in [-0.39, 0.29) is 39.6 Å². The van der Waals surface area contributed by atoms with Gasteiger partial charge >= 0.3 is 0 Å². The van der Waals surface area contributed by atoms with E-state index < -0.39 is 5.78 Å². The number of aliphatic hydroxyl groups is 2. The number of methoxy groups -OCH3 is 2. The maximum Gasteiger partial charge on any atom is 0.219 e. The first-order chi connectivity index (χ1) is 31.3. The molecule has 10 nitrogen and oxygen atoms in total. The Bertz CT molecular complexity index is 3060. The van der Waals surface area contributed by atoms with Gasteiger partial charge in [-0.05, 0) is 77.5 Å². The van der Waals surface area contributed by atoms with Crippen molar-refractivity contribution in [2.24, 2.45) is 0 Å². The molecule has 318 valence electrons. The maximum absolute atomic E-state index is 14.0. The zero-order chi connectivity index (χ0) is 44.2. The number of Topliss-reactive ketones (excluding diaryl/α,β-unsaturated/α-hetero) is 1. The van der Waals surface area contributed by atoms with E-state index >= 15 is 0 Å². The van der Waals surface area contributed by atoms with Crippen LogP contribution in [-0.2, 0) is 14.3 Å². The Balaban J connectivity index is 1.07. The van der Waals surface area contributed by atoms with Gasteiger partial charge < -0.3 is 39.2 Å². The summed E-state index contributed by atoms with van der Waals surface area (Å²) in [6.45, 7) is 1.75. The second-order valence-corrected chi connectivity index (χ2v) is 15.2. The van der Waals surface area contributed by atoms with E-state index in [2.05, 4.69) is 0 Å². The fraction of sp³-hybridized carbons (Fsp3) is 0.111. The number of carbonyl (C=O) groups excluding carboxylic acids is 1. The van der Waals surface area contributed by atoms with Gasteiger partial charge in [-0.3, -0.25) is 4.79 Å². The number of phenols is 1. The van der Waals surface area contributed by atoms with Crippen molar-refractivity contribution in [3.63, 3.8) is 0 Å². The molecule has 10 heteroatoms. The number of ketones is 1. The summed E-state index contributed by atoms with van der Waals surface area (Å²) in [5.41, 5.74) is 4.87. The Morgan fingerprint density at radius 2 is 1.17 bits per heavy atom. The highest BCUT2D eigenvalue weighted by Crippen LogP contribution is 2.46. The number of hydrogen-bond acceptors (Lipinski definition) is 9. The summed E-state index contributed by atoms with van der Waals surface area (Å²) < 4.78 is 23.9. The summed E-state index contributed by atoms with van der Waals surface area (Å²) in [6, 6.07) is 48.5. The predicted molar refractivity (Wildman–Crippen MR) is 253 cm³/mol. The van der Waals surface area contributed by atoms with Crippen LogP contribution in [0.4, 0.5) is 28.4 Å². The third-order valence-electron chi connectivity index (χ3n) is 11.3. The second kappa shape index (κ2) is 18.2. The topological polar surface area (TPSA) is 121 Å². The molecule has 0 bridgehead atoms. The molecule has 0 spiro atoms. The standard InChI is InChI=1S/C54H44N2O8/c1-61-29-31-63-41-23-17-37(18-24-41)55(47-15-7-11-35-9-3-5-13-43(35)47)39-21-27-45(49(57)33-39)51-53(59)52(54(51)60)46-28-22-40(34-50(46)58)56(38-19-25-42(26-20-38)64-32-30-62-2)48-16-8-12-36-10-4-6-14-44(36)48/h3-28,33-34H,29-32H2,1-2H3,(H2,57,58,59,60)/p+1. The van der Waals surface area contributed by atoms with E-state index in [1.807, 2.05) is 143 Å².